The van der Waals surface area contributed by atoms with E-state index in [0.717, 1.165) is 37.7 Å². The van der Waals surface area contributed by atoms with E-state index in [1.165, 1.54) is 6.92 Å². The molecule has 28 heavy (non-hydrogen) atoms. The quantitative estimate of drug-likeness (QED) is 0.760. The first-order valence-corrected chi connectivity index (χ1v) is 9.30. The molecular formula is C20H23F4N3O. The van der Waals surface area contributed by atoms with Gasteiger partial charge in [-0.3, -0.25) is 0 Å². The molecule has 2 aromatic rings. The normalized spacial score (nSPS) is 18.4. The Balaban J connectivity index is 1.74. The van der Waals surface area contributed by atoms with Crippen molar-refractivity contribution >= 4 is 0 Å². The molecule has 1 aliphatic rings. The smallest absolute Gasteiger partial charge is 0.416 e. The number of likely N-dealkylation sites (tertiary alicyclic amines) is 1. The lowest BCUT2D eigenvalue weighted by molar-refractivity contribution is -0.137. The molecule has 4 nitrogen and oxygen atoms in total. The first-order valence-electron chi connectivity index (χ1n) is 9.30. The van der Waals surface area contributed by atoms with Gasteiger partial charge < -0.3 is 10.0 Å². The van der Waals surface area contributed by atoms with Crippen molar-refractivity contribution in [1.29, 1.82) is 0 Å². The van der Waals surface area contributed by atoms with Gasteiger partial charge in [-0.05, 0) is 68.5 Å². The Kier molecular flexibility index (Phi) is 6.17. The average Bonchev–Trinajstić information content (AvgIpc) is 2.62. The van der Waals surface area contributed by atoms with Crippen molar-refractivity contribution in [2.45, 2.75) is 32.4 Å². The van der Waals surface area contributed by atoms with Crippen molar-refractivity contribution in [2.24, 2.45) is 5.92 Å². The Morgan fingerprint density at radius 3 is 2.61 bits per heavy atom. The number of alkyl halides is 4. The summed E-state index contributed by atoms with van der Waals surface area (Å²) < 4.78 is 51.2. The fourth-order valence-corrected chi connectivity index (χ4v) is 3.80. The minimum absolute atomic E-state index is 0.249. The molecule has 0 radical (unpaired) electrons. The molecule has 0 aliphatic carbocycles. The van der Waals surface area contributed by atoms with Crippen LogP contribution in [0.5, 0.6) is 5.75 Å². The highest BCUT2D eigenvalue weighted by atomic mass is 19.4. The van der Waals surface area contributed by atoms with Crippen LogP contribution in [0.3, 0.4) is 0 Å². The average molecular weight is 397 g/mol. The maximum Gasteiger partial charge on any atom is 0.416 e. The SMILES string of the molecule is Cc1cc(C(F)(F)F)cc(O)c1-c1ccc(C[C@@H]2CCCN(CCF)C2)nn1. The summed E-state index contributed by atoms with van der Waals surface area (Å²) in [7, 11) is 0. The van der Waals surface area contributed by atoms with E-state index in [4.69, 9.17) is 0 Å². The summed E-state index contributed by atoms with van der Waals surface area (Å²) in [5, 5.41) is 18.4. The van der Waals surface area contributed by atoms with E-state index in [1.54, 1.807) is 12.1 Å². The second-order valence-corrected chi connectivity index (χ2v) is 7.30. The number of piperidine rings is 1. The van der Waals surface area contributed by atoms with E-state index in [-0.39, 0.29) is 17.8 Å². The summed E-state index contributed by atoms with van der Waals surface area (Å²) in [5.74, 6) is -0.0924. The molecule has 0 amide bonds. The summed E-state index contributed by atoms with van der Waals surface area (Å²) in [6.45, 7) is 3.34. The summed E-state index contributed by atoms with van der Waals surface area (Å²) in [6.07, 6.45) is -1.74. The zero-order chi connectivity index (χ0) is 20.3. The number of aromatic hydroxyl groups is 1. The van der Waals surface area contributed by atoms with E-state index < -0.39 is 17.5 Å². The number of halogens is 4. The fraction of sp³-hybridized carbons (Fsp3) is 0.500. The van der Waals surface area contributed by atoms with Gasteiger partial charge in [-0.2, -0.15) is 23.4 Å². The third-order valence-electron chi connectivity index (χ3n) is 5.12. The summed E-state index contributed by atoms with van der Waals surface area (Å²) >= 11 is 0. The lowest BCUT2D eigenvalue weighted by Crippen LogP contribution is -2.37. The molecule has 1 saturated heterocycles. The number of rotatable bonds is 5. The molecule has 0 spiro atoms. The number of nitrogens with zero attached hydrogens (tertiary/aromatic N) is 3. The second-order valence-electron chi connectivity index (χ2n) is 7.30. The van der Waals surface area contributed by atoms with Crippen LogP contribution in [0, 0.1) is 12.8 Å². The molecule has 1 fully saturated rings. The minimum atomic E-state index is -4.52. The molecule has 3 rings (SSSR count). The predicted octanol–water partition coefficient (Wildman–Crippen LogP) is 4.40. The number of hydrogen-bond acceptors (Lipinski definition) is 4. The summed E-state index contributed by atoms with van der Waals surface area (Å²) in [5.41, 5.74) is 0.739. The highest BCUT2D eigenvalue weighted by Crippen LogP contribution is 2.38. The number of hydrogen-bond donors (Lipinski definition) is 1. The van der Waals surface area contributed by atoms with Gasteiger partial charge in [0.15, 0.2) is 0 Å². The topological polar surface area (TPSA) is 49.2 Å². The zero-order valence-corrected chi connectivity index (χ0v) is 15.6. The highest BCUT2D eigenvalue weighted by Gasteiger charge is 2.32. The van der Waals surface area contributed by atoms with Crippen LogP contribution in [0.15, 0.2) is 24.3 Å². The first-order chi connectivity index (χ1) is 13.3. The molecular weight excluding hydrogens is 374 g/mol. The maximum atomic E-state index is 12.9. The van der Waals surface area contributed by atoms with Crippen molar-refractivity contribution in [3.8, 4) is 17.0 Å². The molecule has 1 aromatic heterocycles. The van der Waals surface area contributed by atoms with Gasteiger partial charge in [0.05, 0.1) is 17.0 Å². The monoisotopic (exact) mass is 397 g/mol. The lowest BCUT2D eigenvalue weighted by Gasteiger charge is -2.31. The molecule has 1 aliphatic heterocycles. The van der Waals surface area contributed by atoms with E-state index in [2.05, 4.69) is 15.1 Å². The van der Waals surface area contributed by atoms with Crippen LogP contribution in [0.25, 0.3) is 11.3 Å². The Labute approximate surface area is 161 Å². The van der Waals surface area contributed by atoms with Gasteiger partial charge in [0.2, 0.25) is 0 Å². The summed E-state index contributed by atoms with van der Waals surface area (Å²) in [4.78, 5) is 2.11. The van der Waals surface area contributed by atoms with Gasteiger partial charge in [0.1, 0.15) is 12.4 Å². The van der Waals surface area contributed by atoms with Crippen LogP contribution in [-0.4, -0.2) is 46.5 Å². The van der Waals surface area contributed by atoms with E-state index in [0.29, 0.717) is 30.6 Å². The number of aryl methyl sites for hydroxylation is 1. The van der Waals surface area contributed by atoms with E-state index in [1.807, 2.05) is 0 Å². The zero-order valence-electron chi connectivity index (χ0n) is 15.6. The van der Waals surface area contributed by atoms with Gasteiger partial charge >= 0.3 is 6.18 Å². The fourth-order valence-electron chi connectivity index (χ4n) is 3.80. The molecule has 0 unspecified atom stereocenters. The molecule has 1 atom stereocenters. The van der Waals surface area contributed by atoms with Crippen LogP contribution >= 0.6 is 0 Å². The molecule has 8 heteroatoms. The maximum absolute atomic E-state index is 12.9. The van der Waals surface area contributed by atoms with Crippen LogP contribution in [-0.2, 0) is 12.6 Å². The first kappa shape index (κ1) is 20.5. The van der Waals surface area contributed by atoms with Crippen LogP contribution in [0.2, 0.25) is 0 Å². The molecule has 152 valence electrons. The number of benzene rings is 1. The van der Waals surface area contributed by atoms with Crippen molar-refractivity contribution in [3.05, 3.63) is 41.1 Å². The third kappa shape index (κ3) is 4.79. The third-order valence-corrected chi connectivity index (χ3v) is 5.12. The van der Waals surface area contributed by atoms with Gasteiger partial charge in [0.25, 0.3) is 0 Å². The van der Waals surface area contributed by atoms with Gasteiger partial charge in [0, 0.05) is 18.7 Å². The standard InChI is InChI=1S/C20H23F4N3O/c1-13-9-15(20(22,23)24)11-18(28)19(13)17-5-4-16(25-26-17)10-14-3-2-7-27(12-14)8-6-21/h4-5,9,11,14,28H,2-3,6-8,10,12H2,1H3/t14-/m0/s1. The largest absolute Gasteiger partial charge is 0.507 e. The van der Waals surface area contributed by atoms with Crippen molar-refractivity contribution in [3.63, 3.8) is 0 Å². The van der Waals surface area contributed by atoms with Crippen LogP contribution < -0.4 is 0 Å². The molecule has 1 aromatic carbocycles. The van der Waals surface area contributed by atoms with Crippen molar-refractivity contribution in [1.82, 2.24) is 15.1 Å². The Morgan fingerprint density at radius 1 is 1.21 bits per heavy atom. The Hall–Kier alpha value is -2.22. The highest BCUT2D eigenvalue weighted by molar-refractivity contribution is 5.71. The molecule has 0 bridgehead atoms. The minimum Gasteiger partial charge on any atom is -0.507 e. The van der Waals surface area contributed by atoms with Crippen LogP contribution in [0.1, 0.15) is 29.7 Å². The molecule has 1 N–H and O–H groups in total. The molecule has 2 heterocycles. The van der Waals surface area contributed by atoms with E-state index in [9.17, 15) is 22.7 Å². The second kappa shape index (κ2) is 8.43. The number of phenols is 1. The van der Waals surface area contributed by atoms with E-state index >= 15 is 0 Å². The van der Waals surface area contributed by atoms with Gasteiger partial charge in [-0.1, -0.05) is 0 Å². The summed E-state index contributed by atoms with van der Waals surface area (Å²) in [6, 6.07) is 5.15. The van der Waals surface area contributed by atoms with Crippen molar-refractivity contribution in [2.75, 3.05) is 26.3 Å². The van der Waals surface area contributed by atoms with Crippen LogP contribution in [0.4, 0.5) is 17.6 Å². The molecule has 0 saturated carbocycles. The Bertz CT molecular complexity index is 783. The lowest BCUT2D eigenvalue weighted by atomic mass is 9.93. The Morgan fingerprint density at radius 2 is 2.00 bits per heavy atom. The number of phenolic OH excluding ortho intramolecular Hbond substituents is 1. The van der Waals surface area contributed by atoms with Crippen molar-refractivity contribution < 1.29 is 22.7 Å². The van der Waals surface area contributed by atoms with Gasteiger partial charge in [-0.25, -0.2) is 4.39 Å². The predicted molar refractivity (Wildman–Crippen MR) is 97.7 cm³/mol. The number of aromatic nitrogens is 2. The van der Waals surface area contributed by atoms with Gasteiger partial charge in [-0.15, -0.1) is 0 Å².